The van der Waals surface area contributed by atoms with Crippen LogP contribution in [0.1, 0.15) is 16.1 Å². The molecule has 2 aromatic rings. The molecule has 0 radical (unpaired) electrons. The molecular weight excluding hydrogens is 318 g/mol. The number of benzene rings is 1. The van der Waals surface area contributed by atoms with Crippen LogP contribution in [0.25, 0.3) is 0 Å². The van der Waals surface area contributed by atoms with Crippen LogP contribution in [0.5, 0.6) is 0 Å². The molecule has 0 bridgehead atoms. The second-order valence-corrected chi connectivity index (χ2v) is 6.09. The molecule has 1 aromatic carbocycles. The summed E-state index contributed by atoms with van der Waals surface area (Å²) in [7, 11) is -4.02. The van der Waals surface area contributed by atoms with E-state index >= 15 is 0 Å². The molecule has 0 fully saturated rings. The Kier molecular flexibility index (Phi) is 4.10. The molecule has 0 saturated carbocycles. The van der Waals surface area contributed by atoms with Crippen LogP contribution in [0.3, 0.4) is 0 Å². The Hall–Kier alpha value is -2.19. The molecule has 2 rings (SSSR count). The number of rotatable bonds is 4. The predicted octanol–water partition coefficient (Wildman–Crippen LogP) is 1.94. The highest BCUT2D eigenvalue weighted by molar-refractivity contribution is 7.92. The average molecular weight is 328 g/mol. The molecule has 110 valence electrons. The predicted molar refractivity (Wildman–Crippen MR) is 76.0 cm³/mol. The van der Waals surface area contributed by atoms with E-state index in [2.05, 4.69) is 14.7 Å². The van der Waals surface area contributed by atoms with Gasteiger partial charge in [0.1, 0.15) is 0 Å². The summed E-state index contributed by atoms with van der Waals surface area (Å²) in [5.41, 5.74) is -0.131. The van der Waals surface area contributed by atoms with Crippen molar-refractivity contribution < 1.29 is 18.3 Å². The molecule has 0 aliphatic heterocycles. The summed E-state index contributed by atoms with van der Waals surface area (Å²) in [5.74, 6) is -1.74. The van der Waals surface area contributed by atoms with E-state index in [-0.39, 0.29) is 15.7 Å². The molecule has 0 unspecified atom stereocenters. The van der Waals surface area contributed by atoms with E-state index in [1.807, 2.05) is 0 Å². The Morgan fingerprint density at radius 1 is 1.29 bits per heavy atom. The van der Waals surface area contributed by atoms with E-state index in [9.17, 15) is 13.2 Å². The third kappa shape index (κ3) is 3.11. The minimum atomic E-state index is -4.02. The lowest BCUT2D eigenvalue weighted by molar-refractivity contribution is 0.0691. The number of nitrogens with zero attached hydrogens (tertiary/aromatic N) is 2. The molecule has 7 nitrogen and oxygen atoms in total. The van der Waals surface area contributed by atoms with Gasteiger partial charge in [-0.25, -0.2) is 23.2 Å². The third-order valence-corrected chi connectivity index (χ3v) is 4.53. The fourth-order valence-electron chi connectivity index (χ4n) is 1.63. The summed E-state index contributed by atoms with van der Waals surface area (Å²) >= 11 is 5.89. The number of halogens is 1. The van der Waals surface area contributed by atoms with Gasteiger partial charge in [0.05, 0.1) is 4.90 Å². The van der Waals surface area contributed by atoms with E-state index in [1.54, 1.807) is 13.0 Å². The van der Waals surface area contributed by atoms with E-state index in [0.29, 0.717) is 5.56 Å². The van der Waals surface area contributed by atoms with Crippen molar-refractivity contribution in [3.63, 3.8) is 0 Å². The summed E-state index contributed by atoms with van der Waals surface area (Å²) in [6.45, 7) is 1.55. The fourth-order valence-corrected chi connectivity index (χ4v) is 3.15. The summed E-state index contributed by atoms with van der Waals surface area (Å²) in [4.78, 5) is 18.2. The number of carbonyl (C=O) groups is 1. The van der Waals surface area contributed by atoms with Crippen LogP contribution >= 0.6 is 11.6 Å². The first kappa shape index (κ1) is 15.2. The Labute approximate surface area is 125 Å². The van der Waals surface area contributed by atoms with E-state index in [1.165, 1.54) is 18.3 Å². The second-order valence-electron chi connectivity index (χ2n) is 4.03. The zero-order valence-corrected chi connectivity index (χ0v) is 12.3. The van der Waals surface area contributed by atoms with E-state index < -0.39 is 21.7 Å². The molecule has 0 aliphatic rings. The standard InChI is InChI=1S/C12H10ClN3O4S/c1-7-8(13)3-2-4-9(7)21(19,20)16-11-10(12(17)18)14-5-6-15-11/h2-6H,1H3,(H,15,16)(H,17,18). The lowest BCUT2D eigenvalue weighted by Crippen LogP contribution is -2.18. The average Bonchev–Trinajstić information content (AvgIpc) is 2.41. The Morgan fingerprint density at radius 3 is 2.62 bits per heavy atom. The summed E-state index contributed by atoms with van der Waals surface area (Å²) < 4.78 is 26.7. The molecule has 1 heterocycles. The monoisotopic (exact) mass is 327 g/mol. The van der Waals surface area contributed by atoms with Crippen molar-refractivity contribution in [3.05, 3.63) is 46.9 Å². The van der Waals surface area contributed by atoms with Gasteiger partial charge in [-0.3, -0.25) is 4.72 Å². The first-order valence-electron chi connectivity index (χ1n) is 5.65. The van der Waals surface area contributed by atoms with Crippen molar-refractivity contribution in [2.75, 3.05) is 4.72 Å². The van der Waals surface area contributed by atoms with Gasteiger partial charge in [0.2, 0.25) is 0 Å². The van der Waals surface area contributed by atoms with Gasteiger partial charge in [0.25, 0.3) is 10.0 Å². The maximum absolute atomic E-state index is 12.3. The summed E-state index contributed by atoms with van der Waals surface area (Å²) in [5, 5.41) is 9.26. The number of hydrogen-bond donors (Lipinski definition) is 2. The molecule has 0 saturated heterocycles. The number of anilines is 1. The van der Waals surface area contributed by atoms with E-state index in [4.69, 9.17) is 16.7 Å². The van der Waals surface area contributed by atoms with Crippen molar-refractivity contribution in [3.8, 4) is 0 Å². The van der Waals surface area contributed by atoms with Crippen molar-refractivity contribution in [1.29, 1.82) is 0 Å². The second kappa shape index (κ2) is 5.66. The lowest BCUT2D eigenvalue weighted by Gasteiger charge is -2.11. The molecule has 2 N–H and O–H groups in total. The summed E-state index contributed by atoms with van der Waals surface area (Å²) in [6.07, 6.45) is 2.35. The van der Waals surface area contributed by atoms with Crippen LogP contribution in [0.15, 0.2) is 35.5 Å². The highest BCUT2D eigenvalue weighted by atomic mass is 35.5. The van der Waals surface area contributed by atoms with Crippen molar-refractivity contribution in [2.24, 2.45) is 0 Å². The van der Waals surface area contributed by atoms with Gasteiger partial charge < -0.3 is 5.11 Å². The number of aromatic carboxylic acids is 1. The van der Waals surface area contributed by atoms with Crippen LogP contribution in [-0.4, -0.2) is 29.5 Å². The molecule has 1 aromatic heterocycles. The SMILES string of the molecule is Cc1c(Cl)cccc1S(=O)(=O)Nc1nccnc1C(=O)O. The molecule has 0 spiro atoms. The Bertz CT molecular complexity index is 808. The quantitative estimate of drug-likeness (QED) is 0.888. The first-order valence-corrected chi connectivity index (χ1v) is 7.51. The van der Waals surface area contributed by atoms with Crippen molar-refractivity contribution >= 4 is 33.4 Å². The largest absolute Gasteiger partial charge is 0.476 e. The number of carboxylic acid groups (broad SMARTS) is 1. The third-order valence-electron chi connectivity index (χ3n) is 2.64. The molecule has 9 heteroatoms. The molecule has 0 aliphatic carbocycles. The van der Waals surface area contributed by atoms with Crippen LogP contribution in [0.2, 0.25) is 5.02 Å². The van der Waals surface area contributed by atoms with Gasteiger partial charge in [0.15, 0.2) is 11.5 Å². The number of hydrogen-bond acceptors (Lipinski definition) is 5. The summed E-state index contributed by atoms with van der Waals surface area (Å²) in [6, 6.07) is 4.40. The first-order chi connectivity index (χ1) is 9.83. The molecule has 0 amide bonds. The molecule has 0 atom stereocenters. The maximum Gasteiger partial charge on any atom is 0.358 e. The smallest absolute Gasteiger partial charge is 0.358 e. The van der Waals surface area contributed by atoms with Gasteiger partial charge in [0, 0.05) is 17.4 Å². The highest BCUT2D eigenvalue weighted by Gasteiger charge is 2.22. The van der Waals surface area contributed by atoms with Gasteiger partial charge in [-0.1, -0.05) is 17.7 Å². The van der Waals surface area contributed by atoms with Gasteiger partial charge in [-0.15, -0.1) is 0 Å². The normalized spacial score (nSPS) is 11.1. The minimum Gasteiger partial charge on any atom is -0.476 e. The topological polar surface area (TPSA) is 109 Å². The van der Waals surface area contributed by atoms with Crippen LogP contribution in [0.4, 0.5) is 5.82 Å². The fraction of sp³-hybridized carbons (Fsp3) is 0.0833. The number of nitrogens with one attached hydrogen (secondary N) is 1. The Morgan fingerprint density at radius 2 is 1.95 bits per heavy atom. The van der Waals surface area contributed by atoms with Crippen molar-refractivity contribution in [2.45, 2.75) is 11.8 Å². The zero-order valence-electron chi connectivity index (χ0n) is 10.7. The van der Waals surface area contributed by atoms with E-state index in [0.717, 1.165) is 6.20 Å². The maximum atomic E-state index is 12.3. The zero-order chi connectivity index (χ0) is 15.6. The van der Waals surface area contributed by atoms with Crippen LogP contribution in [-0.2, 0) is 10.0 Å². The minimum absolute atomic E-state index is 0.0583. The van der Waals surface area contributed by atoms with Crippen LogP contribution < -0.4 is 4.72 Å². The number of sulfonamides is 1. The highest BCUT2D eigenvalue weighted by Crippen LogP contribution is 2.24. The number of carboxylic acids is 1. The molecular formula is C12H10ClN3O4S. The van der Waals surface area contributed by atoms with Gasteiger partial charge in [-0.2, -0.15) is 0 Å². The van der Waals surface area contributed by atoms with Gasteiger partial charge >= 0.3 is 5.97 Å². The lowest BCUT2D eigenvalue weighted by atomic mass is 10.2. The number of aromatic nitrogens is 2. The van der Waals surface area contributed by atoms with Gasteiger partial charge in [-0.05, 0) is 24.6 Å². The van der Waals surface area contributed by atoms with Crippen molar-refractivity contribution in [1.82, 2.24) is 9.97 Å². The molecule has 21 heavy (non-hydrogen) atoms. The van der Waals surface area contributed by atoms with Crippen LogP contribution in [0, 0.1) is 6.92 Å². The Balaban J connectivity index is 2.48.